The minimum Gasteiger partial charge on any atom is -0.479 e. The van der Waals surface area contributed by atoms with Gasteiger partial charge in [-0.2, -0.15) is 0 Å². The van der Waals surface area contributed by atoms with E-state index in [0.29, 0.717) is 44.1 Å². The topological polar surface area (TPSA) is 309 Å². The number of esters is 2. The molecule has 8 unspecified atom stereocenters. The Labute approximate surface area is 415 Å². The summed E-state index contributed by atoms with van der Waals surface area (Å²) >= 11 is 0. The molecule has 0 amide bonds. The van der Waals surface area contributed by atoms with Crippen LogP contribution in [-0.4, -0.2) is 174 Å². The Balaban J connectivity index is 1.22. The van der Waals surface area contributed by atoms with Crippen LogP contribution < -0.4 is 0 Å². The molecule has 22 atom stereocenters. The van der Waals surface area contributed by atoms with E-state index in [0.717, 1.165) is 5.57 Å². The highest BCUT2D eigenvalue weighted by atomic mass is 16.8. The maximum atomic E-state index is 13.8. The molecule has 7 rings (SSSR count). The van der Waals surface area contributed by atoms with E-state index in [9.17, 15) is 65.4 Å². The van der Waals surface area contributed by atoms with Crippen molar-refractivity contribution < 1.29 is 93.9 Å². The van der Waals surface area contributed by atoms with Crippen LogP contribution in [0.4, 0.5) is 0 Å². The van der Waals surface area contributed by atoms with Crippen molar-refractivity contribution in [2.75, 3.05) is 13.2 Å². The number of hydrogen-bond donors (Lipinski definition) is 10. The van der Waals surface area contributed by atoms with Crippen LogP contribution in [0.15, 0.2) is 34.9 Å². The van der Waals surface area contributed by atoms with Gasteiger partial charge in [-0.3, -0.25) is 0 Å². The van der Waals surface area contributed by atoms with E-state index in [4.69, 9.17) is 28.4 Å². The first kappa shape index (κ1) is 55.9. The third kappa shape index (κ3) is 8.49. The molecule has 0 aromatic carbocycles. The minimum atomic E-state index is -2.02. The van der Waals surface area contributed by atoms with E-state index in [-0.39, 0.29) is 17.4 Å². The number of aliphatic carboxylic acids is 1. The van der Waals surface area contributed by atoms with Crippen molar-refractivity contribution >= 4 is 17.9 Å². The molecule has 2 heterocycles. The molecule has 402 valence electrons. The average Bonchev–Trinajstić information content (AvgIpc) is 3.31. The standard InChI is InChI=1S/C52H80O19/c1-12-23(3)43(64)70-40-41(71-44(65)24(4)13-2)52(22-54)26(20-47(40,5)6)25-14-15-29-49(9)18-17-30(48(7,8)28(49)16-19-50(29,10)51(25,11)38(60)39(52)61)67-46-37(34(58)33(57)36(68-46)42(62)63)69-45-35(59)32(56)31(55)27(21-53)66-45/h12-14,26-41,45-46,53-61H,15-22H2,1-11H3,(H,62,63)/b23-12-,24-13-/t26?,27?,28?,29?,30-,31-,32-,33+,34-,35?,36?,37?,38-,39+,40-,41-,45-,46+,49-,50+,51-,52?/m0/s1. The van der Waals surface area contributed by atoms with Crippen molar-refractivity contribution in [2.45, 2.75) is 207 Å². The van der Waals surface area contributed by atoms with Crippen LogP contribution in [0.3, 0.4) is 0 Å². The van der Waals surface area contributed by atoms with Gasteiger partial charge in [0.05, 0.1) is 36.9 Å². The number of carboxylic acid groups (broad SMARTS) is 1. The molecule has 4 saturated carbocycles. The first-order valence-corrected chi connectivity index (χ1v) is 25.2. The van der Waals surface area contributed by atoms with Gasteiger partial charge in [0.2, 0.25) is 0 Å². The predicted molar refractivity (Wildman–Crippen MR) is 250 cm³/mol. The predicted octanol–water partition coefficient (Wildman–Crippen LogP) is 1.80. The van der Waals surface area contributed by atoms with Crippen LogP contribution in [0.25, 0.3) is 0 Å². The van der Waals surface area contributed by atoms with Crippen molar-refractivity contribution in [1.82, 2.24) is 0 Å². The van der Waals surface area contributed by atoms with Crippen LogP contribution in [0.2, 0.25) is 0 Å². The van der Waals surface area contributed by atoms with Gasteiger partial charge in [0.25, 0.3) is 0 Å². The van der Waals surface area contributed by atoms with E-state index in [2.05, 4.69) is 19.9 Å². The Kier molecular flexibility index (Phi) is 15.5. The van der Waals surface area contributed by atoms with Crippen LogP contribution >= 0.6 is 0 Å². The number of aliphatic hydroxyl groups is 9. The highest BCUT2D eigenvalue weighted by Gasteiger charge is 2.76. The zero-order valence-electron chi connectivity index (χ0n) is 42.9. The van der Waals surface area contributed by atoms with Crippen LogP contribution in [0.1, 0.15) is 115 Å². The average molecular weight is 1010 g/mol. The Morgan fingerprint density at radius 3 is 1.89 bits per heavy atom. The summed E-state index contributed by atoms with van der Waals surface area (Å²) in [6.45, 7) is 19.5. The van der Waals surface area contributed by atoms with Gasteiger partial charge in [-0.15, -0.1) is 0 Å². The van der Waals surface area contributed by atoms with Crippen molar-refractivity contribution in [2.24, 2.45) is 50.2 Å². The number of carbonyl (C=O) groups excluding carboxylic acids is 2. The molecule has 19 nitrogen and oxygen atoms in total. The highest BCUT2D eigenvalue weighted by molar-refractivity contribution is 5.89. The van der Waals surface area contributed by atoms with E-state index in [1.54, 1.807) is 39.8 Å². The monoisotopic (exact) mass is 1010 g/mol. The Bertz CT molecular complexity index is 2120. The summed E-state index contributed by atoms with van der Waals surface area (Å²) in [7, 11) is 0. The second kappa shape index (κ2) is 19.7. The number of carbonyl (C=O) groups is 3. The second-order valence-corrected chi connectivity index (χ2v) is 23.7. The molecule has 6 fully saturated rings. The van der Waals surface area contributed by atoms with Gasteiger partial charge < -0.3 is 79.5 Å². The summed E-state index contributed by atoms with van der Waals surface area (Å²) in [5.41, 5.74) is -3.97. The van der Waals surface area contributed by atoms with Gasteiger partial charge in [-0.05, 0) is 100 Å². The zero-order chi connectivity index (χ0) is 52.9. The molecule has 0 radical (unpaired) electrons. The number of ether oxygens (including phenoxy) is 6. The summed E-state index contributed by atoms with van der Waals surface area (Å²) < 4.78 is 36.5. The smallest absolute Gasteiger partial charge is 0.335 e. The molecule has 0 aromatic rings. The molecule has 5 aliphatic carbocycles. The summed E-state index contributed by atoms with van der Waals surface area (Å²) in [5, 5.41) is 111. The fourth-order valence-electron chi connectivity index (χ4n) is 15.0. The van der Waals surface area contributed by atoms with Crippen molar-refractivity contribution in [1.29, 1.82) is 0 Å². The zero-order valence-corrected chi connectivity index (χ0v) is 42.9. The van der Waals surface area contributed by atoms with Gasteiger partial charge >= 0.3 is 17.9 Å². The molecule has 71 heavy (non-hydrogen) atoms. The maximum Gasteiger partial charge on any atom is 0.335 e. The lowest BCUT2D eigenvalue weighted by molar-refractivity contribution is -0.374. The van der Waals surface area contributed by atoms with E-state index in [1.807, 2.05) is 34.6 Å². The third-order valence-electron chi connectivity index (χ3n) is 19.6. The molecule has 0 spiro atoms. The van der Waals surface area contributed by atoms with Crippen LogP contribution in [0, 0.1) is 50.2 Å². The Hall–Kier alpha value is -2.89. The minimum absolute atomic E-state index is 0.0740. The van der Waals surface area contributed by atoms with Gasteiger partial charge in [-0.1, -0.05) is 72.3 Å². The fourth-order valence-corrected chi connectivity index (χ4v) is 15.0. The van der Waals surface area contributed by atoms with Crippen molar-refractivity contribution in [3.63, 3.8) is 0 Å². The Morgan fingerprint density at radius 2 is 1.32 bits per heavy atom. The largest absolute Gasteiger partial charge is 0.479 e. The van der Waals surface area contributed by atoms with E-state index >= 15 is 0 Å². The summed E-state index contributed by atoms with van der Waals surface area (Å²) in [6.07, 6.45) is -15.8. The first-order valence-electron chi connectivity index (χ1n) is 25.2. The molecule has 0 bridgehead atoms. The van der Waals surface area contributed by atoms with Gasteiger partial charge in [0.15, 0.2) is 24.8 Å². The van der Waals surface area contributed by atoms with Gasteiger partial charge in [0.1, 0.15) is 48.8 Å². The number of aliphatic hydroxyl groups excluding tert-OH is 9. The molecule has 0 aromatic heterocycles. The summed E-state index contributed by atoms with van der Waals surface area (Å²) in [6, 6.07) is 0. The lowest BCUT2D eigenvalue weighted by Crippen LogP contribution is -2.76. The first-order chi connectivity index (χ1) is 33.0. The number of hydrogen-bond acceptors (Lipinski definition) is 18. The van der Waals surface area contributed by atoms with Gasteiger partial charge in [-0.25, -0.2) is 14.4 Å². The molecule has 19 heteroatoms. The quantitative estimate of drug-likeness (QED) is 0.0611. The van der Waals surface area contributed by atoms with E-state index < -0.39 is 161 Å². The molecule has 2 saturated heterocycles. The molecular formula is C52H80O19. The Morgan fingerprint density at radius 1 is 0.718 bits per heavy atom. The lowest BCUT2D eigenvalue weighted by Gasteiger charge is -2.73. The second-order valence-electron chi connectivity index (χ2n) is 23.7. The third-order valence-corrected chi connectivity index (χ3v) is 19.6. The highest BCUT2D eigenvalue weighted by Crippen LogP contribution is 2.76. The van der Waals surface area contributed by atoms with Crippen molar-refractivity contribution in [3.8, 4) is 0 Å². The molecule has 7 aliphatic rings. The van der Waals surface area contributed by atoms with Crippen molar-refractivity contribution in [3.05, 3.63) is 34.9 Å². The summed E-state index contributed by atoms with van der Waals surface area (Å²) in [4.78, 5) is 39.6. The number of carboxylic acids is 1. The summed E-state index contributed by atoms with van der Waals surface area (Å²) in [5.74, 6) is -3.72. The molecule has 10 N–H and O–H groups in total. The SMILES string of the molecule is C/C=C(/C)C(=O)O[C@H]1[C@H](OC(=O)/C(C)=C\C)C2(CO)C(CC1(C)C)C1=CCC3[C@@]4(C)CC[C@H](O[C@@H]5OC(C(=O)O)[C@H](O)[C@H](O)C5O[C@@H]5OC(CO)[C@H](O)[C@H](O)C5O)C(C)(C)C4CC[C@@]3(C)[C@]1(C)[C@@H](O)[C@H]2O. The number of fused-ring (bicyclic) bond motifs is 7. The molecule has 2 aliphatic heterocycles. The fraction of sp³-hybridized carbons (Fsp3) is 0.827. The normalized spacial score (nSPS) is 48.4. The molecular weight excluding hydrogens is 929 g/mol. The lowest BCUT2D eigenvalue weighted by atomic mass is 9.32. The van der Waals surface area contributed by atoms with Crippen LogP contribution in [-0.2, 0) is 42.8 Å². The number of allylic oxidation sites excluding steroid dienone is 3. The van der Waals surface area contributed by atoms with E-state index in [1.165, 1.54) is 0 Å². The van der Waals surface area contributed by atoms with Crippen LogP contribution in [0.5, 0.6) is 0 Å². The van der Waals surface area contributed by atoms with Gasteiger partial charge in [0, 0.05) is 22.0 Å². The maximum absolute atomic E-state index is 13.8. The number of rotatable bonds is 11.